The van der Waals surface area contributed by atoms with E-state index in [1.807, 2.05) is 24.3 Å². The van der Waals surface area contributed by atoms with E-state index in [4.69, 9.17) is 5.26 Å². The van der Waals surface area contributed by atoms with Crippen molar-refractivity contribution in [1.82, 2.24) is 0 Å². The van der Waals surface area contributed by atoms with Gasteiger partial charge >= 0.3 is 0 Å². The molecule has 1 heteroatoms. The van der Waals surface area contributed by atoms with E-state index in [1.165, 1.54) is 54.6 Å². The van der Waals surface area contributed by atoms with E-state index in [-0.39, 0.29) is 0 Å². The van der Waals surface area contributed by atoms with Crippen molar-refractivity contribution in [3.05, 3.63) is 145 Å². The average molecular weight is 482 g/mol. The maximum atomic E-state index is 9.12. The summed E-state index contributed by atoms with van der Waals surface area (Å²) in [5.74, 6) is 0. The van der Waals surface area contributed by atoms with Gasteiger partial charge in [0.2, 0.25) is 0 Å². The molecule has 0 aromatic heterocycles. The molecule has 0 aliphatic heterocycles. The van der Waals surface area contributed by atoms with Gasteiger partial charge in [-0.1, -0.05) is 121 Å². The summed E-state index contributed by atoms with van der Waals surface area (Å²) >= 11 is 0. The standard InChI is InChI=1S/C37H23N/c38-24-25-13-15-27(16-14-25)28-17-20-29(21-18-28)36-32-9-3-5-11-34(32)37(35-12-6-4-10-33(35)36)31-22-19-26-7-1-2-8-30(26)23-31/h1-23H. The second-order valence-electron chi connectivity index (χ2n) is 9.67. The summed E-state index contributed by atoms with van der Waals surface area (Å²) in [6, 6.07) is 51.6. The van der Waals surface area contributed by atoms with E-state index in [0.29, 0.717) is 5.56 Å². The molecular formula is C37H23N. The van der Waals surface area contributed by atoms with E-state index in [9.17, 15) is 0 Å². The minimum absolute atomic E-state index is 0.676. The molecule has 7 aromatic rings. The molecule has 0 unspecified atom stereocenters. The Morgan fingerprint density at radius 2 is 0.789 bits per heavy atom. The van der Waals surface area contributed by atoms with Gasteiger partial charge in [0, 0.05) is 0 Å². The van der Waals surface area contributed by atoms with Crippen molar-refractivity contribution in [3.63, 3.8) is 0 Å². The summed E-state index contributed by atoms with van der Waals surface area (Å²) in [5.41, 5.74) is 7.89. The van der Waals surface area contributed by atoms with Crippen LogP contribution in [0.5, 0.6) is 0 Å². The minimum Gasteiger partial charge on any atom is -0.192 e. The SMILES string of the molecule is N#Cc1ccc(-c2ccc(-c3c4ccccc4c(-c4ccc5ccccc5c4)c4ccccc34)cc2)cc1. The first-order chi connectivity index (χ1) is 18.8. The number of hydrogen-bond donors (Lipinski definition) is 0. The topological polar surface area (TPSA) is 23.8 Å². The molecule has 0 aliphatic carbocycles. The highest BCUT2D eigenvalue weighted by Gasteiger charge is 2.16. The van der Waals surface area contributed by atoms with Crippen molar-refractivity contribution in [2.45, 2.75) is 0 Å². The summed E-state index contributed by atoms with van der Waals surface area (Å²) in [7, 11) is 0. The third-order valence-electron chi connectivity index (χ3n) is 7.49. The van der Waals surface area contributed by atoms with Gasteiger partial charge in [-0.25, -0.2) is 0 Å². The van der Waals surface area contributed by atoms with E-state index >= 15 is 0 Å². The van der Waals surface area contributed by atoms with Crippen LogP contribution in [0.2, 0.25) is 0 Å². The molecule has 0 saturated carbocycles. The van der Waals surface area contributed by atoms with Gasteiger partial charge < -0.3 is 0 Å². The molecular weight excluding hydrogens is 458 g/mol. The highest BCUT2D eigenvalue weighted by atomic mass is 14.2. The van der Waals surface area contributed by atoms with Crippen LogP contribution in [-0.4, -0.2) is 0 Å². The lowest BCUT2D eigenvalue weighted by molar-refractivity contribution is 1.48. The summed E-state index contributed by atoms with van der Waals surface area (Å²) in [6.07, 6.45) is 0. The van der Waals surface area contributed by atoms with Gasteiger partial charge in [0.05, 0.1) is 11.6 Å². The van der Waals surface area contributed by atoms with E-state index in [2.05, 4.69) is 121 Å². The molecule has 0 atom stereocenters. The molecule has 0 N–H and O–H groups in total. The van der Waals surface area contributed by atoms with Gasteiger partial charge in [0.15, 0.2) is 0 Å². The fourth-order valence-electron chi connectivity index (χ4n) is 5.66. The Morgan fingerprint density at radius 1 is 0.368 bits per heavy atom. The molecule has 0 amide bonds. The second-order valence-corrected chi connectivity index (χ2v) is 9.67. The fraction of sp³-hybridized carbons (Fsp3) is 0. The normalized spacial score (nSPS) is 11.1. The smallest absolute Gasteiger partial charge is 0.0991 e. The summed E-state index contributed by atoms with van der Waals surface area (Å²) < 4.78 is 0. The highest BCUT2D eigenvalue weighted by Crippen LogP contribution is 2.44. The zero-order valence-corrected chi connectivity index (χ0v) is 20.7. The van der Waals surface area contributed by atoms with Gasteiger partial charge in [0.25, 0.3) is 0 Å². The lowest BCUT2D eigenvalue weighted by Crippen LogP contribution is -1.91. The third kappa shape index (κ3) is 3.63. The molecule has 176 valence electrons. The van der Waals surface area contributed by atoms with Crippen molar-refractivity contribution >= 4 is 32.3 Å². The Balaban J connectivity index is 1.46. The summed E-state index contributed by atoms with van der Waals surface area (Å²) in [6.45, 7) is 0. The van der Waals surface area contributed by atoms with Gasteiger partial charge in [-0.15, -0.1) is 0 Å². The van der Waals surface area contributed by atoms with E-state index in [0.717, 1.165) is 11.1 Å². The molecule has 7 aromatic carbocycles. The van der Waals surface area contributed by atoms with Crippen molar-refractivity contribution in [2.75, 3.05) is 0 Å². The summed E-state index contributed by atoms with van der Waals surface area (Å²) in [5, 5.41) is 16.6. The van der Waals surface area contributed by atoms with Crippen LogP contribution in [0.1, 0.15) is 5.56 Å². The summed E-state index contributed by atoms with van der Waals surface area (Å²) in [4.78, 5) is 0. The third-order valence-corrected chi connectivity index (χ3v) is 7.49. The number of rotatable bonds is 3. The molecule has 0 heterocycles. The fourth-order valence-corrected chi connectivity index (χ4v) is 5.66. The highest BCUT2D eigenvalue weighted by molar-refractivity contribution is 6.21. The Hall–Kier alpha value is -5.19. The van der Waals surface area contributed by atoms with Crippen molar-refractivity contribution < 1.29 is 0 Å². The van der Waals surface area contributed by atoms with Crippen LogP contribution in [0.25, 0.3) is 65.7 Å². The van der Waals surface area contributed by atoms with Crippen LogP contribution < -0.4 is 0 Å². The quantitative estimate of drug-likeness (QED) is 0.230. The lowest BCUT2D eigenvalue weighted by Gasteiger charge is -2.18. The number of fused-ring (bicyclic) bond motifs is 3. The predicted octanol–water partition coefficient (Wildman–Crippen LogP) is 10.0. The second kappa shape index (κ2) is 9.04. The molecule has 0 aliphatic rings. The molecule has 0 radical (unpaired) electrons. The average Bonchev–Trinajstić information content (AvgIpc) is 3.00. The van der Waals surface area contributed by atoms with Crippen molar-refractivity contribution in [3.8, 4) is 39.4 Å². The zero-order chi connectivity index (χ0) is 25.5. The van der Waals surface area contributed by atoms with Crippen LogP contribution in [0.15, 0.2) is 140 Å². The van der Waals surface area contributed by atoms with Crippen LogP contribution in [-0.2, 0) is 0 Å². The molecule has 7 rings (SSSR count). The molecule has 1 nitrogen and oxygen atoms in total. The van der Waals surface area contributed by atoms with Crippen molar-refractivity contribution in [1.29, 1.82) is 5.26 Å². The first-order valence-electron chi connectivity index (χ1n) is 12.8. The molecule has 38 heavy (non-hydrogen) atoms. The van der Waals surface area contributed by atoms with E-state index < -0.39 is 0 Å². The molecule has 0 saturated heterocycles. The van der Waals surface area contributed by atoms with Gasteiger partial charge in [-0.2, -0.15) is 5.26 Å². The van der Waals surface area contributed by atoms with Crippen molar-refractivity contribution in [2.24, 2.45) is 0 Å². The molecule has 0 fully saturated rings. The zero-order valence-electron chi connectivity index (χ0n) is 20.7. The van der Waals surface area contributed by atoms with Crippen LogP contribution in [0.3, 0.4) is 0 Å². The van der Waals surface area contributed by atoms with Gasteiger partial charge in [-0.05, 0) is 83.9 Å². The van der Waals surface area contributed by atoms with Gasteiger partial charge in [0.1, 0.15) is 0 Å². The van der Waals surface area contributed by atoms with Crippen LogP contribution >= 0.6 is 0 Å². The first kappa shape index (κ1) is 22.0. The number of benzene rings is 7. The monoisotopic (exact) mass is 481 g/mol. The maximum Gasteiger partial charge on any atom is 0.0991 e. The first-order valence-corrected chi connectivity index (χ1v) is 12.8. The Morgan fingerprint density at radius 3 is 1.34 bits per heavy atom. The van der Waals surface area contributed by atoms with Crippen LogP contribution in [0, 0.1) is 11.3 Å². The number of nitrogens with zero attached hydrogens (tertiary/aromatic N) is 1. The Labute approximate surface area is 221 Å². The number of hydrogen-bond acceptors (Lipinski definition) is 1. The molecule has 0 bridgehead atoms. The minimum atomic E-state index is 0.676. The predicted molar refractivity (Wildman–Crippen MR) is 160 cm³/mol. The Bertz CT molecular complexity index is 1950. The largest absolute Gasteiger partial charge is 0.192 e. The lowest BCUT2D eigenvalue weighted by atomic mass is 9.85. The molecule has 0 spiro atoms. The van der Waals surface area contributed by atoms with Gasteiger partial charge in [-0.3, -0.25) is 0 Å². The van der Waals surface area contributed by atoms with E-state index in [1.54, 1.807) is 0 Å². The Kier molecular flexibility index (Phi) is 5.24. The number of nitriles is 1. The van der Waals surface area contributed by atoms with Crippen LogP contribution in [0.4, 0.5) is 0 Å². The maximum absolute atomic E-state index is 9.12.